The molecule has 1 aliphatic heterocycles. The molecule has 1 atom stereocenters. The Labute approximate surface area is 211 Å². The van der Waals surface area contributed by atoms with Crippen molar-refractivity contribution in [2.24, 2.45) is 11.8 Å². The van der Waals surface area contributed by atoms with Crippen molar-refractivity contribution in [3.05, 3.63) is 35.9 Å². The molecule has 0 bridgehead atoms. The molecule has 0 radical (unpaired) electrons. The van der Waals surface area contributed by atoms with Crippen LogP contribution in [0.15, 0.2) is 30.3 Å². The van der Waals surface area contributed by atoms with Crippen LogP contribution in [0.2, 0.25) is 18.1 Å². The highest BCUT2D eigenvalue weighted by Crippen LogP contribution is 2.36. The highest BCUT2D eigenvalue weighted by Gasteiger charge is 2.38. The second-order valence-electron chi connectivity index (χ2n) is 10.8. The molecule has 1 aromatic rings. The van der Waals surface area contributed by atoms with E-state index in [1.54, 1.807) is 11.8 Å². The van der Waals surface area contributed by atoms with Gasteiger partial charge < -0.3 is 18.8 Å². The van der Waals surface area contributed by atoms with E-state index in [2.05, 4.69) is 33.9 Å². The Kier molecular flexibility index (Phi) is 11.0. The molecule has 0 spiro atoms. The summed E-state index contributed by atoms with van der Waals surface area (Å²) in [5.74, 6) is -1.56. The summed E-state index contributed by atoms with van der Waals surface area (Å²) in [4.78, 5) is 40.0. The lowest BCUT2D eigenvalue weighted by Crippen LogP contribution is -2.43. The number of piperidine rings is 1. The minimum absolute atomic E-state index is 0.0759. The number of likely N-dealkylation sites (tertiary alicyclic amines) is 1. The number of hydrogen-bond donors (Lipinski definition) is 0. The molecule has 1 aliphatic rings. The predicted octanol–water partition coefficient (Wildman–Crippen LogP) is 5.59. The molecule has 8 heteroatoms. The first-order valence-electron chi connectivity index (χ1n) is 12.8. The van der Waals surface area contributed by atoms with Gasteiger partial charge in [0.25, 0.3) is 0 Å². The van der Waals surface area contributed by atoms with Gasteiger partial charge in [0, 0.05) is 25.6 Å². The molecular weight excluding hydrogens is 462 g/mol. The number of esters is 1. The molecule has 1 amide bonds. The third-order valence-electron chi connectivity index (χ3n) is 7.18. The molecule has 0 aliphatic carbocycles. The van der Waals surface area contributed by atoms with E-state index in [9.17, 15) is 14.4 Å². The number of Topliss-reactive ketones (excluding diaryl/α,β-unsaturated/α-hetero) is 1. The van der Waals surface area contributed by atoms with Gasteiger partial charge in [-0.3, -0.25) is 9.59 Å². The summed E-state index contributed by atoms with van der Waals surface area (Å²) in [5.41, 5.74) is 0.931. The van der Waals surface area contributed by atoms with E-state index < -0.39 is 20.2 Å². The van der Waals surface area contributed by atoms with Crippen LogP contribution in [-0.2, 0) is 30.1 Å². The Morgan fingerprint density at radius 1 is 1.06 bits per heavy atom. The van der Waals surface area contributed by atoms with Crippen molar-refractivity contribution in [3.8, 4) is 0 Å². The van der Waals surface area contributed by atoms with Crippen LogP contribution in [0.3, 0.4) is 0 Å². The molecule has 1 aromatic carbocycles. The number of carbonyl (C=O) groups excluding carboxylic acids is 3. The van der Waals surface area contributed by atoms with E-state index in [0.29, 0.717) is 45.4 Å². The third-order valence-corrected chi connectivity index (χ3v) is 11.7. The standard InChI is InChI=1S/C27H43NO6Si/c1-7-32-25(30)23(14-11-19-34-35(5,6)27(2,3)4)24(29)22-15-17-28(18-16-22)26(31)33-20-21-12-9-8-10-13-21/h8-10,12-13,22-23H,7,11,14-20H2,1-6H3. The lowest BCUT2D eigenvalue weighted by molar-refractivity contribution is -0.153. The maximum absolute atomic E-state index is 13.3. The van der Waals surface area contributed by atoms with Crippen molar-refractivity contribution in [2.75, 3.05) is 26.3 Å². The first-order chi connectivity index (χ1) is 16.5. The van der Waals surface area contributed by atoms with Crippen LogP contribution in [0.25, 0.3) is 0 Å². The van der Waals surface area contributed by atoms with Gasteiger partial charge in [-0.15, -0.1) is 0 Å². The second-order valence-corrected chi connectivity index (χ2v) is 15.6. The summed E-state index contributed by atoms with van der Waals surface area (Å²) in [6.07, 6.45) is 1.73. The molecule has 1 heterocycles. The summed E-state index contributed by atoms with van der Waals surface area (Å²) >= 11 is 0. The Morgan fingerprint density at radius 3 is 2.26 bits per heavy atom. The minimum Gasteiger partial charge on any atom is -0.465 e. The lowest BCUT2D eigenvalue weighted by atomic mass is 9.84. The fraction of sp³-hybridized carbons (Fsp3) is 0.667. The monoisotopic (exact) mass is 505 g/mol. The van der Waals surface area contributed by atoms with Gasteiger partial charge in [-0.2, -0.15) is 0 Å². The van der Waals surface area contributed by atoms with Gasteiger partial charge in [-0.05, 0) is 56.3 Å². The van der Waals surface area contributed by atoms with Gasteiger partial charge >= 0.3 is 12.1 Å². The van der Waals surface area contributed by atoms with Crippen LogP contribution in [-0.4, -0.2) is 57.4 Å². The first kappa shape index (κ1) is 29.0. The molecule has 0 aromatic heterocycles. The van der Waals surface area contributed by atoms with Gasteiger partial charge in [-0.25, -0.2) is 4.79 Å². The van der Waals surface area contributed by atoms with Crippen molar-refractivity contribution < 1.29 is 28.3 Å². The Morgan fingerprint density at radius 2 is 1.69 bits per heavy atom. The van der Waals surface area contributed by atoms with Crippen LogP contribution in [0.4, 0.5) is 4.79 Å². The molecule has 0 N–H and O–H groups in total. The lowest BCUT2D eigenvalue weighted by Gasteiger charge is -2.36. The number of hydrogen-bond acceptors (Lipinski definition) is 6. The van der Waals surface area contributed by atoms with E-state index in [1.807, 2.05) is 30.3 Å². The van der Waals surface area contributed by atoms with E-state index >= 15 is 0 Å². The van der Waals surface area contributed by atoms with Gasteiger partial charge in [0.15, 0.2) is 8.32 Å². The van der Waals surface area contributed by atoms with Gasteiger partial charge in [0.1, 0.15) is 18.3 Å². The molecular formula is C27H43NO6Si. The summed E-state index contributed by atoms with van der Waals surface area (Å²) < 4.78 is 16.9. The van der Waals surface area contributed by atoms with E-state index in [1.165, 1.54) is 0 Å². The number of nitrogens with zero attached hydrogens (tertiary/aromatic N) is 1. The third kappa shape index (κ3) is 8.76. The van der Waals surface area contributed by atoms with Crippen molar-refractivity contribution in [2.45, 2.75) is 78.1 Å². The highest BCUT2D eigenvalue weighted by atomic mass is 28.4. The summed E-state index contributed by atoms with van der Waals surface area (Å²) in [6, 6.07) is 9.54. The summed E-state index contributed by atoms with van der Waals surface area (Å²) in [7, 11) is -1.88. The fourth-order valence-corrected chi connectivity index (χ4v) is 4.98. The Hall–Kier alpha value is -2.19. The SMILES string of the molecule is CCOC(=O)C(CCCO[Si](C)(C)C(C)(C)C)C(=O)C1CCN(C(=O)OCc2ccccc2)CC1. The number of benzene rings is 1. The fourth-order valence-electron chi connectivity index (χ4n) is 3.89. The molecule has 1 fully saturated rings. The molecule has 7 nitrogen and oxygen atoms in total. The maximum Gasteiger partial charge on any atom is 0.410 e. The summed E-state index contributed by atoms with van der Waals surface area (Å²) in [6.45, 7) is 14.6. The number of rotatable bonds is 11. The quantitative estimate of drug-likeness (QED) is 0.169. The van der Waals surface area contributed by atoms with Crippen LogP contribution >= 0.6 is 0 Å². The van der Waals surface area contributed by atoms with Crippen LogP contribution < -0.4 is 0 Å². The number of carbonyl (C=O) groups is 3. The zero-order valence-corrected chi connectivity index (χ0v) is 23.3. The molecule has 0 saturated carbocycles. The number of amides is 1. The number of ketones is 1. The van der Waals surface area contributed by atoms with E-state index in [0.717, 1.165) is 5.56 Å². The Balaban J connectivity index is 1.86. The normalized spacial score (nSPS) is 16.0. The van der Waals surface area contributed by atoms with Crippen molar-refractivity contribution in [1.29, 1.82) is 0 Å². The van der Waals surface area contributed by atoms with E-state index in [-0.39, 0.29) is 36.0 Å². The maximum atomic E-state index is 13.3. The molecule has 1 saturated heterocycles. The van der Waals surface area contributed by atoms with Crippen LogP contribution in [0.1, 0.15) is 58.9 Å². The van der Waals surface area contributed by atoms with Crippen molar-refractivity contribution in [1.82, 2.24) is 4.90 Å². The summed E-state index contributed by atoms with van der Waals surface area (Å²) in [5, 5.41) is 0.111. The molecule has 35 heavy (non-hydrogen) atoms. The van der Waals surface area contributed by atoms with Gasteiger partial charge in [0.05, 0.1) is 6.61 Å². The zero-order chi connectivity index (χ0) is 26.1. The Bertz CT molecular complexity index is 828. The van der Waals surface area contributed by atoms with Gasteiger partial charge in [0.2, 0.25) is 0 Å². The van der Waals surface area contributed by atoms with E-state index in [4.69, 9.17) is 13.9 Å². The smallest absolute Gasteiger partial charge is 0.410 e. The van der Waals surface area contributed by atoms with Gasteiger partial charge in [-0.1, -0.05) is 51.1 Å². The van der Waals surface area contributed by atoms with Crippen molar-refractivity contribution in [3.63, 3.8) is 0 Å². The first-order valence-corrected chi connectivity index (χ1v) is 15.7. The van der Waals surface area contributed by atoms with Crippen LogP contribution in [0.5, 0.6) is 0 Å². The average Bonchev–Trinajstić information content (AvgIpc) is 2.82. The predicted molar refractivity (Wildman–Crippen MR) is 138 cm³/mol. The van der Waals surface area contributed by atoms with Crippen molar-refractivity contribution >= 4 is 26.2 Å². The number of ether oxygens (including phenoxy) is 2. The topological polar surface area (TPSA) is 82.1 Å². The highest BCUT2D eigenvalue weighted by molar-refractivity contribution is 6.74. The second kappa shape index (κ2) is 13.2. The minimum atomic E-state index is -1.88. The average molecular weight is 506 g/mol. The molecule has 196 valence electrons. The van der Waals surface area contributed by atoms with Crippen LogP contribution in [0, 0.1) is 11.8 Å². The zero-order valence-electron chi connectivity index (χ0n) is 22.3. The largest absolute Gasteiger partial charge is 0.465 e. The molecule has 2 rings (SSSR count). The molecule has 1 unspecified atom stereocenters.